The Morgan fingerprint density at radius 2 is 1.85 bits per heavy atom. The molecule has 6 nitrogen and oxygen atoms in total. The molecule has 0 saturated heterocycles. The first-order valence-corrected chi connectivity index (χ1v) is 10.8. The largest absolute Gasteiger partial charge is 0.302 e. The zero-order valence-electron chi connectivity index (χ0n) is 15.3. The molecule has 1 aromatic heterocycles. The summed E-state index contributed by atoms with van der Waals surface area (Å²) >= 11 is 1.29. The molecule has 0 spiro atoms. The molecule has 2 N–H and O–H groups in total. The highest BCUT2D eigenvalue weighted by Crippen LogP contribution is 2.29. The molecule has 27 heavy (non-hydrogen) atoms. The van der Waals surface area contributed by atoms with E-state index in [0.717, 1.165) is 16.7 Å². The maximum absolute atomic E-state index is 12.6. The van der Waals surface area contributed by atoms with Gasteiger partial charge in [-0.2, -0.15) is 0 Å². The molecule has 142 valence electrons. The maximum Gasteiger partial charge on any atom is 0.261 e. The fourth-order valence-electron chi connectivity index (χ4n) is 2.68. The van der Waals surface area contributed by atoms with Crippen LogP contribution < -0.4 is 10.0 Å². The highest BCUT2D eigenvalue weighted by molar-refractivity contribution is 7.92. The van der Waals surface area contributed by atoms with Gasteiger partial charge in [-0.1, -0.05) is 37.3 Å². The van der Waals surface area contributed by atoms with Gasteiger partial charge in [-0.05, 0) is 48.2 Å². The topological polar surface area (TPSA) is 88.2 Å². The Morgan fingerprint density at radius 3 is 2.48 bits per heavy atom. The van der Waals surface area contributed by atoms with Crippen molar-refractivity contribution >= 4 is 48.3 Å². The van der Waals surface area contributed by atoms with E-state index in [0.29, 0.717) is 22.3 Å². The Morgan fingerprint density at radius 1 is 1.15 bits per heavy atom. The van der Waals surface area contributed by atoms with Gasteiger partial charge in [0, 0.05) is 6.92 Å². The zero-order valence-corrected chi connectivity index (χ0v) is 16.9. The van der Waals surface area contributed by atoms with Gasteiger partial charge in [0.05, 0.1) is 20.8 Å². The third-order valence-electron chi connectivity index (χ3n) is 3.80. The molecule has 1 heterocycles. The molecule has 0 aliphatic heterocycles. The van der Waals surface area contributed by atoms with Crippen molar-refractivity contribution in [2.24, 2.45) is 5.92 Å². The minimum absolute atomic E-state index is 0.198. The number of nitrogens with one attached hydrogen (secondary N) is 2. The van der Waals surface area contributed by atoms with Crippen LogP contribution in [0.5, 0.6) is 0 Å². The lowest BCUT2D eigenvalue weighted by molar-refractivity contribution is -0.114. The molecule has 0 fully saturated rings. The average Bonchev–Trinajstić information content (AvgIpc) is 2.95. The molecule has 1 amide bonds. The summed E-state index contributed by atoms with van der Waals surface area (Å²) in [6.07, 6.45) is 0.909. The van der Waals surface area contributed by atoms with Crippen LogP contribution >= 0.6 is 11.3 Å². The van der Waals surface area contributed by atoms with Gasteiger partial charge in [-0.25, -0.2) is 13.4 Å². The van der Waals surface area contributed by atoms with Crippen molar-refractivity contribution in [3.8, 4) is 0 Å². The average molecular weight is 404 g/mol. The van der Waals surface area contributed by atoms with Crippen LogP contribution in [0, 0.1) is 5.92 Å². The quantitative estimate of drug-likeness (QED) is 0.644. The Labute approximate surface area is 162 Å². The Hall–Kier alpha value is -2.45. The number of carbonyl (C=O) groups is 1. The number of fused-ring (bicyclic) bond motifs is 1. The first-order chi connectivity index (χ1) is 12.7. The minimum Gasteiger partial charge on any atom is -0.302 e. The van der Waals surface area contributed by atoms with Gasteiger partial charge in [-0.15, -0.1) is 0 Å². The van der Waals surface area contributed by atoms with Crippen molar-refractivity contribution in [1.82, 2.24) is 4.98 Å². The minimum atomic E-state index is -3.67. The normalized spacial score (nSPS) is 11.7. The number of sulfonamides is 1. The molecule has 0 atom stereocenters. The molecule has 2 aromatic carbocycles. The number of aromatic nitrogens is 1. The summed E-state index contributed by atoms with van der Waals surface area (Å²) in [4.78, 5) is 15.7. The first kappa shape index (κ1) is 19.3. The third-order valence-corrected chi connectivity index (χ3v) is 6.13. The van der Waals surface area contributed by atoms with Crippen LogP contribution in [-0.4, -0.2) is 19.3 Å². The Kier molecular flexibility index (Phi) is 5.48. The smallest absolute Gasteiger partial charge is 0.261 e. The molecule has 8 heteroatoms. The van der Waals surface area contributed by atoms with Gasteiger partial charge < -0.3 is 5.32 Å². The number of hydrogen-bond donors (Lipinski definition) is 2. The van der Waals surface area contributed by atoms with Crippen LogP contribution in [-0.2, 0) is 21.2 Å². The summed E-state index contributed by atoms with van der Waals surface area (Å²) in [5.74, 6) is 0.315. The van der Waals surface area contributed by atoms with E-state index in [2.05, 4.69) is 28.9 Å². The summed E-state index contributed by atoms with van der Waals surface area (Å²) in [6, 6.07) is 12.0. The molecule has 0 aliphatic rings. The molecule has 3 aromatic rings. The van der Waals surface area contributed by atoms with Crippen LogP contribution in [0.1, 0.15) is 26.3 Å². The highest BCUT2D eigenvalue weighted by Gasteiger charge is 2.15. The molecular weight excluding hydrogens is 382 g/mol. The monoisotopic (exact) mass is 403 g/mol. The summed E-state index contributed by atoms with van der Waals surface area (Å²) in [7, 11) is -3.67. The number of thiazole rings is 1. The van der Waals surface area contributed by atoms with E-state index in [4.69, 9.17) is 0 Å². The van der Waals surface area contributed by atoms with Crippen LogP contribution in [0.15, 0.2) is 47.4 Å². The van der Waals surface area contributed by atoms with Gasteiger partial charge >= 0.3 is 0 Å². The number of rotatable bonds is 6. The molecule has 3 rings (SSSR count). The lowest BCUT2D eigenvalue weighted by Gasteiger charge is -2.09. The van der Waals surface area contributed by atoms with Crippen LogP contribution in [0.25, 0.3) is 10.2 Å². The lowest BCUT2D eigenvalue weighted by Crippen LogP contribution is -2.12. The van der Waals surface area contributed by atoms with Crippen molar-refractivity contribution in [3.63, 3.8) is 0 Å². The third kappa shape index (κ3) is 4.84. The van der Waals surface area contributed by atoms with Gasteiger partial charge in [0.2, 0.25) is 5.91 Å². The van der Waals surface area contributed by atoms with Crippen molar-refractivity contribution in [1.29, 1.82) is 0 Å². The first-order valence-electron chi connectivity index (χ1n) is 8.53. The number of nitrogens with zero attached hydrogens (tertiary/aromatic N) is 1. The fraction of sp³-hybridized carbons (Fsp3) is 0.263. The highest BCUT2D eigenvalue weighted by atomic mass is 32.2. The second-order valence-electron chi connectivity index (χ2n) is 6.73. The van der Waals surface area contributed by atoms with Gasteiger partial charge in [0.1, 0.15) is 0 Å². The maximum atomic E-state index is 12.6. The van der Waals surface area contributed by atoms with E-state index in [9.17, 15) is 13.2 Å². The van der Waals surface area contributed by atoms with E-state index in [1.54, 1.807) is 30.3 Å². The standard InChI is InChI=1S/C19H21N3O3S2/c1-12(2)10-14-4-7-16(8-5-14)27(24,25)22-15-6-9-17-18(11-15)26-19(21-17)20-13(3)23/h4-9,11-12,22H,10H2,1-3H3,(H,20,21,23). The van der Waals surface area contributed by atoms with Crippen LogP contribution in [0.3, 0.4) is 0 Å². The molecule has 0 unspecified atom stereocenters. The lowest BCUT2D eigenvalue weighted by atomic mass is 10.0. The van der Waals surface area contributed by atoms with Crippen LogP contribution in [0.4, 0.5) is 10.8 Å². The molecule has 0 bridgehead atoms. The van der Waals surface area contributed by atoms with E-state index in [1.165, 1.54) is 18.3 Å². The molecule has 0 saturated carbocycles. The van der Waals surface area contributed by atoms with Gasteiger partial charge in [0.25, 0.3) is 10.0 Å². The summed E-state index contributed by atoms with van der Waals surface area (Å²) in [5.41, 5.74) is 2.26. The number of hydrogen-bond acceptors (Lipinski definition) is 5. The summed E-state index contributed by atoms with van der Waals surface area (Å²) in [6.45, 7) is 5.66. The summed E-state index contributed by atoms with van der Waals surface area (Å²) < 4.78 is 28.7. The van der Waals surface area contributed by atoms with E-state index >= 15 is 0 Å². The van der Waals surface area contributed by atoms with Crippen molar-refractivity contribution in [2.75, 3.05) is 10.0 Å². The number of amides is 1. The van der Waals surface area contributed by atoms with Crippen molar-refractivity contribution < 1.29 is 13.2 Å². The van der Waals surface area contributed by atoms with E-state index in [-0.39, 0.29) is 10.8 Å². The number of anilines is 2. The van der Waals surface area contributed by atoms with Gasteiger partial charge in [0.15, 0.2) is 5.13 Å². The van der Waals surface area contributed by atoms with E-state index < -0.39 is 10.0 Å². The second-order valence-corrected chi connectivity index (χ2v) is 9.44. The summed E-state index contributed by atoms with van der Waals surface area (Å²) in [5, 5.41) is 3.12. The SMILES string of the molecule is CC(=O)Nc1nc2ccc(NS(=O)(=O)c3ccc(CC(C)C)cc3)cc2s1. The van der Waals surface area contributed by atoms with Crippen molar-refractivity contribution in [2.45, 2.75) is 32.1 Å². The zero-order chi connectivity index (χ0) is 19.6. The van der Waals surface area contributed by atoms with Gasteiger partial charge in [-0.3, -0.25) is 9.52 Å². The Balaban J connectivity index is 1.81. The molecular formula is C19H21N3O3S2. The second kappa shape index (κ2) is 7.66. The van der Waals surface area contributed by atoms with Crippen LogP contribution in [0.2, 0.25) is 0 Å². The molecule has 0 aliphatic carbocycles. The number of benzene rings is 2. The predicted molar refractivity (Wildman–Crippen MR) is 110 cm³/mol. The fourth-order valence-corrected chi connectivity index (χ4v) is 4.68. The predicted octanol–water partition coefficient (Wildman–Crippen LogP) is 4.25. The van der Waals surface area contributed by atoms with E-state index in [1.807, 2.05) is 12.1 Å². The number of carbonyl (C=O) groups excluding carboxylic acids is 1. The molecule has 0 radical (unpaired) electrons. The van der Waals surface area contributed by atoms with Crippen molar-refractivity contribution in [3.05, 3.63) is 48.0 Å². The Bertz CT molecular complexity index is 1070.